The van der Waals surface area contributed by atoms with E-state index >= 15 is 0 Å². The summed E-state index contributed by atoms with van der Waals surface area (Å²) >= 11 is 0. The molecule has 0 saturated carbocycles. The van der Waals surface area contributed by atoms with Crippen molar-refractivity contribution in [2.24, 2.45) is 0 Å². The second-order valence-corrected chi connectivity index (χ2v) is 16.5. The molecule has 0 atom stereocenters. The van der Waals surface area contributed by atoms with E-state index in [1.807, 2.05) is 29.2 Å². The van der Waals surface area contributed by atoms with Gasteiger partial charge in [0.1, 0.15) is 11.5 Å². The van der Waals surface area contributed by atoms with Gasteiger partial charge in [0, 0.05) is 44.8 Å². The molecule has 0 aromatic heterocycles. The highest BCUT2D eigenvalue weighted by atomic mass is 16.5. The number of nitrogens with one attached hydrogen (secondary N) is 1. The van der Waals surface area contributed by atoms with Crippen LogP contribution < -0.4 is 14.8 Å². The fourth-order valence-corrected chi connectivity index (χ4v) is 6.84. The molecule has 0 bridgehead atoms. The zero-order chi connectivity index (χ0) is 43.5. The van der Waals surface area contributed by atoms with Crippen molar-refractivity contribution < 1.29 is 14.3 Å². The number of unbranched alkanes of at least 4 members (excludes halogenated alkanes) is 7. The summed E-state index contributed by atoms with van der Waals surface area (Å²) in [4.78, 5) is 20.8. The van der Waals surface area contributed by atoms with E-state index < -0.39 is 0 Å². The van der Waals surface area contributed by atoms with Gasteiger partial charge in [-0.3, -0.25) is 4.79 Å². The number of nitrogens with zero attached hydrogens (tertiary/aromatic N) is 3. The summed E-state index contributed by atoms with van der Waals surface area (Å²) in [6.45, 7) is 27.3. The molecule has 7 heteroatoms. The minimum Gasteiger partial charge on any atom is -0.494 e. The molecule has 3 rings (SSSR count). The van der Waals surface area contributed by atoms with E-state index in [0.29, 0.717) is 6.54 Å². The molecule has 7 nitrogen and oxygen atoms in total. The Hall–Kier alpha value is -3.39. The van der Waals surface area contributed by atoms with E-state index in [-0.39, 0.29) is 5.91 Å². The van der Waals surface area contributed by atoms with Crippen molar-refractivity contribution in [1.82, 2.24) is 20.0 Å². The minimum atomic E-state index is 0.117. The highest BCUT2D eigenvalue weighted by Gasteiger charge is 2.18. The standard InChI is InChI=1S/C32H50N2O2.C21H38N2O/c1-5-9-13-28-14-18-30(19-15-28)32(35)34(25-24-33(22-10-6-2)23-11-7-3)27-29-16-20-31(21-17-29)36-26-12-8-4;1-4-7-15-23(16-8-5-2)17-14-22-19-20-10-12-21(13-11-20)24-18-9-6-3/h14-21H,5-13,22-27H2,1-4H3;10-13,22H,4-9,14-19H2,1-3H3. The third-order valence-corrected chi connectivity index (χ3v) is 11.0. The lowest BCUT2D eigenvalue weighted by Gasteiger charge is -2.28. The number of ether oxygens (including phenoxy) is 2. The predicted molar refractivity (Wildman–Crippen MR) is 258 cm³/mol. The van der Waals surface area contributed by atoms with Gasteiger partial charge in [0.05, 0.1) is 13.2 Å². The van der Waals surface area contributed by atoms with Crippen LogP contribution in [-0.2, 0) is 19.5 Å². The molecule has 0 spiro atoms. The molecule has 338 valence electrons. The Kier molecular flexibility index (Phi) is 31.0. The summed E-state index contributed by atoms with van der Waals surface area (Å²) in [5.74, 6) is 2.00. The van der Waals surface area contributed by atoms with Crippen LogP contribution in [0.3, 0.4) is 0 Å². The highest BCUT2D eigenvalue weighted by Crippen LogP contribution is 2.18. The summed E-state index contributed by atoms with van der Waals surface area (Å²) in [6, 6.07) is 25.0. The Balaban J connectivity index is 0.000000449. The third-order valence-electron chi connectivity index (χ3n) is 11.0. The monoisotopic (exact) mass is 829 g/mol. The molecule has 0 aliphatic heterocycles. The van der Waals surface area contributed by atoms with Crippen molar-refractivity contribution in [3.8, 4) is 11.5 Å². The molecule has 1 amide bonds. The summed E-state index contributed by atoms with van der Waals surface area (Å²) in [5.41, 5.74) is 4.55. The van der Waals surface area contributed by atoms with Gasteiger partial charge in [0.15, 0.2) is 0 Å². The van der Waals surface area contributed by atoms with Gasteiger partial charge in [-0.15, -0.1) is 0 Å². The maximum absolute atomic E-state index is 13.6. The lowest BCUT2D eigenvalue weighted by Crippen LogP contribution is -2.39. The minimum absolute atomic E-state index is 0.117. The van der Waals surface area contributed by atoms with Gasteiger partial charge in [-0.2, -0.15) is 0 Å². The number of carbonyl (C=O) groups excluding carboxylic acids is 1. The van der Waals surface area contributed by atoms with Gasteiger partial charge in [-0.1, -0.05) is 130 Å². The van der Waals surface area contributed by atoms with Gasteiger partial charge < -0.3 is 29.5 Å². The van der Waals surface area contributed by atoms with Crippen molar-refractivity contribution in [1.29, 1.82) is 0 Å². The van der Waals surface area contributed by atoms with E-state index in [4.69, 9.17) is 9.47 Å². The molecule has 0 fully saturated rings. The van der Waals surface area contributed by atoms with Crippen LogP contribution in [0.15, 0.2) is 72.8 Å². The second kappa shape index (κ2) is 35.2. The first-order chi connectivity index (χ1) is 29.4. The zero-order valence-electron chi connectivity index (χ0n) is 39.6. The highest BCUT2D eigenvalue weighted by molar-refractivity contribution is 5.94. The number of aryl methyl sites for hydroxylation is 1. The van der Waals surface area contributed by atoms with Gasteiger partial charge in [-0.05, 0) is 131 Å². The first kappa shape index (κ1) is 52.7. The normalized spacial score (nSPS) is 11.2. The average Bonchev–Trinajstić information content (AvgIpc) is 3.28. The Morgan fingerprint density at radius 3 is 1.37 bits per heavy atom. The van der Waals surface area contributed by atoms with Crippen LogP contribution in [0.2, 0.25) is 0 Å². The molecule has 60 heavy (non-hydrogen) atoms. The molecular weight excluding hydrogens is 741 g/mol. The zero-order valence-corrected chi connectivity index (χ0v) is 39.6. The number of benzene rings is 3. The van der Waals surface area contributed by atoms with Crippen LogP contribution in [0, 0.1) is 0 Å². The van der Waals surface area contributed by atoms with Crippen LogP contribution in [0.5, 0.6) is 11.5 Å². The summed E-state index contributed by atoms with van der Waals surface area (Å²) in [7, 11) is 0. The quantitative estimate of drug-likeness (QED) is 0.0605. The van der Waals surface area contributed by atoms with E-state index in [9.17, 15) is 4.79 Å². The summed E-state index contributed by atoms with van der Waals surface area (Å²) in [6.07, 6.45) is 17.9. The van der Waals surface area contributed by atoms with E-state index in [1.165, 1.54) is 94.8 Å². The largest absolute Gasteiger partial charge is 0.494 e. The topological polar surface area (TPSA) is 57.3 Å². The van der Waals surface area contributed by atoms with Crippen molar-refractivity contribution in [2.45, 2.75) is 158 Å². The maximum atomic E-state index is 13.6. The molecule has 0 aliphatic carbocycles. The fourth-order valence-electron chi connectivity index (χ4n) is 6.84. The molecule has 0 heterocycles. The summed E-state index contributed by atoms with van der Waals surface area (Å²) in [5, 5.41) is 3.57. The van der Waals surface area contributed by atoms with Crippen LogP contribution in [0.1, 0.15) is 165 Å². The molecule has 3 aromatic rings. The van der Waals surface area contributed by atoms with Crippen molar-refractivity contribution in [3.05, 3.63) is 95.1 Å². The van der Waals surface area contributed by atoms with Crippen molar-refractivity contribution >= 4 is 5.91 Å². The number of hydrogen-bond acceptors (Lipinski definition) is 6. The van der Waals surface area contributed by atoms with Crippen LogP contribution in [0.4, 0.5) is 0 Å². The molecule has 3 aromatic carbocycles. The van der Waals surface area contributed by atoms with E-state index in [2.05, 4.69) is 112 Å². The first-order valence-corrected chi connectivity index (χ1v) is 24.4. The predicted octanol–water partition coefficient (Wildman–Crippen LogP) is 12.6. The Morgan fingerprint density at radius 2 is 0.900 bits per heavy atom. The third kappa shape index (κ3) is 24.2. The van der Waals surface area contributed by atoms with E-state index in [0.717, 1.165) is 107 Å². The number of hydrogen-bond donors (Lipinski definition) is 1. The molecule has 0 unspecified atom stereocenters. The maximum Gasteiger partial charge on any atom is 0.254 e. The summed E-state index contributed by atoms with van der Waals surface area (Å²) < 4.78 is 11.5. The van der Waals surface area contributed by atoms with Gasteiger partial charge in [0.2, 0.25) is 0 Å². The molecule has 1 N–H and O–H groups in total. The smallest absolute Gasteiger partial charge is 0.254 e. The van der Waals surface area contributed by atoms with E-state index in [1.54, 1.807) is 0 Å². The first-order valence-electron chi connectivity index (χ1n) is 24.4. The SMILES string of the molecule is CCCCOc1ccc(CN(CCN(CCCC)CCCC)C(=O)c2ccc(CCCC)cc2)cc1.CCCCOc1ccc(CNCCN(CCCC)CCCC)cc1. The molecule has 0 radical (unpaired) electrons. The van der Waals surface area contributed by atoms with Gasteiger partial charge in [-0.25, -0.2) is 0 Å². The van der Waals surface area contributed by atoms with Gasteiger partial charge >= 0.3 is 0 Å². The van der Waals surface area contributed by atoms with Crippen molar-refractivity contribution in [3.63, 3.8) is 0 Å². The average molecular weight is 829 g/mol. The molecular formula is C53H88N4O3. The lowest BCUT2D eigenvalue weighted by atomic mass is 10.1. The van der Waals surface area contributed by atoms with Crippen molar-refractivity contribution in [2.75, 3.05) is 65.6 Å². The molecule has 0 saturated heterocycles. The Morgan fingerprint density at radius 1 is 0.467 bits per heavy atom. The Labute approximate surface area is 369 Å². The number of rotatable bonds is 34. The Bertz CT molecular complexity index is 1410. The number of carbonyl (C=O) groups is 1. The number of amides is 1. The fraction of sp³-hybridized carbons (Fsp3) is 0.642. The van der Waals surface area contributed by atoms with Gasteiger partial charge in [0.25, 0.3) is 5.91 Å². The second-order valence-electron chi connectivity index (χ2n) is 16.5. The van der Waals surface area contributed by atoms with Crippen LogP contribution in [0.25, 0.3) is 0 Å². The molecule has 0 aliphatic rings. The van der Waals surface area contributed by atoms with Crippen LogP contribution >= 0.6 is 0 Å². The van der Waals surface area contributed by atoms with Crippen LogP contribution in [-0.4, -0.2) is 86.2 Å². The lowest BCUT2D eigenvalue weighted by molar-refractivity contribution is 0.0720.